The number of fused-ring (bicyclic) bond motifs is 1. The Hall–Kier alpha value is -3.08. The molecule has 1 aliphatic rings. The van der Waals surface area contributed by atoms with E-state index in [1.54, 1.807) is 12.4 Å². The maximum Gasteiger partial charge on any atom is 0.322 e. The molecule has 0 radical (unpaired) electrons. The van der Waals surface area contributed by atoms with E-state index in [-0.39, 0.29) is 17.5 Å². The highest BCUT2D eigenvalue weighted by Crippen LogP contribution is 2.32. The van der Waals surface area contributed by atoms with Gasteiger partial charge in [0.15, 0.2) is 0 Å². The normalized spacial score (nSPS) is 16.5. The van der Waals surface area contributed by atoms with Crippen molar-refractivity contribution in [1.29, 1.82) is 0 Å². The minimum absolute atomic E-state index is 0.0854. The minimum Gasteiger partial charge on any atom is -0.348 e. The van der Waals surface area contributed by atoms with E-state index in [2.05, 4.69) is 60.0 Å². The Morgan fingerprint density at radius 1 is 1.04 bits per heavy atom. The molecule has 0 saturated carbocycles. The fourth-order valence-electron chi connectivity index (χ4n) is 3.75. The van der Waals surface area contributed by atoms with Crippen LogP contribution in [0.5, 0.6) is 0 Å². The molecule has 0 spiro atoms. The molecule has 1 unspecified atom stereocenters. The number of amides is 2. The highest BCUT2D eigenvalue weighted by Gasteiger charge is 2.32. The molecular formula is C23H26N4O. The molecular weight excluding hydrogens is 348 g/mol. The highest BCUT2D eigenvalue weighted by atomic mass is 16.2. The third kappa shape index (κ3) is 3.52. The Morgan fingerprint density at radius 3 is 2.43 bits per heavy atom. The van der Waals surface area contributed by atoms with Gasteiger partial charge in [0.05, 0.1) is 6.04 Å². The molecule has 1 N–H and O–H groups in total. The van der Waals surface area contributed by atoms with E-state index in [9.17, 15) is 4.79 Å². The summed E-state index contributed by atoms with van der Waals surface area (Å²) in [5, 5.41) is 3.08. The molecule has 1 aromatic carbocycles. The number of aromatic nitrogens is 2. The van der Waals surface area contributed by atoms with Crippen LogP contribution < -0.4 is 5.32 Å². The zero-order valence-electron chi connectivity index (χ0n) is 16.6. The third-order valence-corrected chi connectivity index (χ3v) is 5.32. The number of carbonyl (C=O) groups is 1. The number of carbonyl (C=O) groups excluding carboxylic acids is 1. The molecule has 3 aromatic rings. The summed E-state index contributed by atoms with van der Waals surface area (Å²) >= 11 is 0. The third-order valence-electron chi connectivity index (χ3n) is 5.32. The van der Waals surface area contributed by atoms with Gasteiger partial charge in [0.2, 0.25) is 0 Å². The van der Waals surface area contributed by atoms with Crippen molar-refractivity contribution in [3.63, 3.8) is 0 Å². The van der Waals surface area contributed by atoms with Crippen molar-refractivity contribution in [2.45, 2.75) is 38.8 Å². The van der Waals surface area contributed by atoms with Crippen LogP contribution in [0.1, 0.15) is 43.6 Å². The number of nitrogens with one attached hydrogen (secondary N) is 1. The van der Waals surface area contributed by atoms with E-state index in [1.807, 2.05) is 35.2 Å². The largest absolute Gasteiger partial charge is 0.348 e. The molecule has 144 valence electrons. The number of rotatable bonds is 2. The van der Waals surface area contributed by atoms with Crippen LogP contribution in [0.3, 0.4) is 0 Å². The number of hydrogen-bond acceptors (Lipinski definition) is 2. The van der Waals surface area contributed by atoms with E-state index in [1.165, 1.54) is 5.56 Å². The van der Waals surface area contributed by atoms with Gasteiger partial charge in [0.1, 0.15) is 0 Å². The van der Waals surface area contributed by atoms with Gasteiger partial charge in [-0.3, -0.25) is 4.98 Å². The van der Waals surface area contributed by atoms with Gasteiger partial charge in [-0.05, 0) is 52.9 Å². The van der Waals surface area contributed by atoms with Gasteiger partial charge in [0.25, 0.3) is 0 Å². The summed E-state index contributed by atoms with van der Waals surface area (Å²) in [6.07, 6.45) is 5.63. The number of nitrogens with zero attached hydrogens (tertiary/aromatic N) is 3. The maximum absolute atomic E-state index is 13.2. The summed E-state index contributed by atoms with van der Waals surface area (Å²) in [4.78, 5) is 19.2. The van der Waals surface area contributed by atoms with Crippen molar-refractivity contribution in [2.75, 3.05) is 11.9 Å². The van der Waals surface area contributed by atoms with Crippen molar-refractivity contribution in [3.05, 3.63) is 83.9 Å². The van der Waals surface area contributed by atoms with Gasteiger partial charge < -0.3 is 14.8 Å². The van der Waals surface area contributed by atoms with Crippen molar-refractivity contribution in [3.8, 4) is 0 Å². The quantitative estimate of drug-likeness (QED) is 0.699. The molecule has 28 heavy (non-hydrogen) atoms. The van der Waals surface area contributed by atoms with Crippen molar-refractivity contribution < 1.29 is 4.79 Å². The van der Waals surface area contributed by atoms with Crippen LogP contribution in [0, 0.1) is 0 Å². The first-order valence-corrected chi connectivity index (χ1v) is 9.66. The summed E-state index contributed by atoms with van der Waals surface area (Å²) < 4.78 is 2.22. The highest BCUT2D eigenvalue weighted by molar-refractivity contribution is 5.90. The van der Waals surface area contributed by atoms with E-state index in [0.717, 1.165) is 23.5 Å². The predicted molar refractivity (Wildman–Crippen MR) is 111 cm³/mol. The number of urea groups is 1. The van der Waals surface area contributed by atoms with Gasteiger partial charge in [0, 0.05) is 43.1 Å². The van der Waals surface area contributed by atoms with Gasteiger partial charge in [-0.15, -0.1) is 0 Å². The minimum atomic E-state index is -0.124. The lowest BCUT2D eigenvalue weighted by molar-refractivity contribution is 0.182. The smallest absolute Gasteiger partial charge is 0.322 e. The maximum atomic E-state index is 13.2. The first-order chi connectivity index (χ1) is 13.4. The van der Waals surface area contributed by atoms with Crippen LogP contribution in [-0.4, -0.2) is 27.0 Å². The van der Waals surface area contributed by atoms with Crippen LogP contribution in [0.25, 0.3) is 0 Å². The van der Waals surface area contributed by atoms with Crippen LogP contribution in [0.4, 0.5) is 10.5 Å². The summed E-state index contributed by atoms with van der Waals surface area (Å²) in [7, 11) is 0. The van der Waals surface area contributed by atoms with Crippen LogP contribution in [0.15, 0.2) is 67.1 Å². The average molecular weight is 374 g/mol. The molecule has 3 heterocycles. The number of hydrogen-bond donors (Lipinski definition) is 1. The van der Waals surface area contributed by atoms with Crippen LogP contribution in [0.2, 0.25) is 0 Å². The zero-order valence-corrected chi connectivity index (χ0v) is 16.6. The van der Waals surface area contributed by atoms with Crippen LogP contribution >= 0.6 is 0 Å². The number of benzene rings is 1. The fourth-order valence-corrected chi connectivity index (χ4v) is 3.75. The molecule has 1 atom stereocenters. The van der Waals surface area contributed by atoms with E-state index in [0.29, 0.717) is 6.54 Å². The second-order valence-electron chi connectivity index (χ2n) is 8.26. The Balaban J connectivity index is 1.59. The zero-order chi connectivity index (χ0) is 19.7. The SMILES string of the molecule is CC(C)(C)c1ccc(NC(=O)N2CCn3cccc3C2c2ccncc2)cc1. The Bertz CT molecular complexity index is 954. The summed E-state index contributed by atoms with van der Waals surface area (Å²) in [5.74, 6) is 0. The summed E-state index contributed by atoms with van der Waals surface area (Å²) in [5.41, 5.74) is 4.33. The van der Waals surface area contributed by atoms with Gasteiger partial charge in [-0.1, -0.05) is 32.9 Å². The Labute approximate surface area is 166 Å². The molecule has 2 aromatic heterocycles. The lowest BCUT2D eigenvalue weighted by atomic mass is 9.87. The molecule has 5 heteroatoms. The average Bonchev–Trinajstić information content (AvgIpc) is 3.16. The molecule has 0 fully saturated rings. The summed E-state index contributed by atoms with van der Waals surface area (Å²) in [6.45, 7) is 8.00. The van der Waals surface area contributed by atoms with E-state index in [4.69, 9.17) is 0 Å². The number of anilines is 1. The van der Waals surface area contributed by atoms with Gasteiger partial charge in [-0.25, -0.2) is 4.79 Å². The molecule has 2 amide bonds. The second kappa shape index (κ2) is 7.15. The molecule has 1 aliphatic heterocycles. The van der Waals surface area contributed by atoms with E-state index >= 15 is 0 Å². The molecule has 0 bridgehead atoms. The van der Waals surface area contributed by atoms with Crippen LogP contribution in [-0.2, 0) is 12.0 Å². The standard InChI is InChI=1S/C23H26N4O/c1-23(2,3)18-6-8-19(9-7-18)25-22(28)27-16-15-26-14-4-5-20(26)21(27)17-10-12-24-13-11-17/h4-14,21H,15-16H2,1-3H3,(H,25,28). The fraction of sp³-hybridized carbons (Fsp3) is 0.304. The molecule has 4 rings (SSSR count). The van der Waals surface area contributed by atoms with E-state index < -0.39 is 0 Å². The predicted octanol–water partition coefficient (Wildman–Crippen LogP) is 4.82. The first kappa shape index (κ1) is 18.3. The van der Waals surface area contributed by atoms with Crippen molar-refractivity contribution in [2.24, 2.45) is 0 Å². The second-order valence-corrected chi connectivity index (χ2v) is 8.26. The molecule has 0 saturated heterocycles. The lowest BCUT2D eigenvalue weighted by Gasteiger charge is -2.37. The van der Waals surface area contributed by atoms with Crippen molar-refractivity contribution >= 4 is 11.7 Å². The topological polar surface area (TPSA) is 50.2 Å². The lowest BCUT2D eigenvalue weighted by Crippen LogP contribution is -2.44. The molecule has 5 nitrogen and oxygen atoms in total. The Kier molecular flexibility index (Phi) is 4.67. The van der Waals surface area contributed by atoms with Gasteiger partial charge >= 0.3 is 6.03 Å². The summed E-state index contributed by atoms with van der Waals surface area (Å²) in [6, 6.07) is 16.0. The van der Waals surface area contributed by atoms with Crippen molar-refractivity contribution in [1.82, 2.24) is 14.5 Å². The van der Waals surface area contributed by atoms with Gasteiger partial charge in [-0.2, -0.15) is 0 Å². The number of pyridine rings is 1. The first-order valence-electron chi connectivity index (χ1n) is 9.66. The molecule has 0 aliphatic carbocycles. The Morgan fingerprint density at radius 2 is 1.75 bits per heavy atom. The monoisotopic (exact) mass is 374 g/mol.